The van der Waals surface area contributed by atoms with Crippen molar-refractivity contribution in [2.24, 2.45) is 39.7 Å². The summed E-state index contributed by atoms with van der Waals surface area (Å²) in [6.45, 7) is 4.01. The van der Waals surface area contributed by atoms with E-state index in [1.165, 1.54) is 0 Å². The van der Waals surface area contributed by atoms with Crippen LogP contribution in [0.5, 0.6) is 0 Å². The lowest BCUT2D eigenvalue weighted by molar-refractivity contribution is -0.160. The number of carbonyl (C=O) groups excluding carboxylic acids is 2. The molecule has 0 aromatic carbocycles. The van der Waals surface area contributed by atoms with Gasteiger partial charge in [-0.2, -0.15) is 0 Å². The van der Waals surface area contributed by atoms with Crippen LogP contribution >= 0.6 is 0 Å². The van der Waals surface area contributed by atoms with E-state index in [2.05, 4.69) is 17.4 Å². The Kier molecular flexibility index (Phi) is 4.86. The van der Waals surface area contributed by atoms with Gasteiger partial charge in [0.05, 0.1) is 5.71 Å². The Morgan fingerprint density at radius 3 is 2.76 bits per heavy atom. The van der Waals surface area contributed by atoms with Gasteiger partial charge in [-0.05, 0) is 62.8 Å². The van der Waals surface area contributed by atoms with Gasteiger partial charge in [-0.3, -0.25) is 9.59 Å². The van der Waals surface area contributed by atoms with Crippen molar-refractivity contribution in [2.45, 2.75) is 70.8 Å². The van der Waals surface area contributed by atoms with Crippen LogP contribution in [0, 0.1) is 34.5 Å². The molecule has 4 aliphatic carbocycles. The molecule has 160 valence electrons. The molecule has 29 heavy (non-hydrogen) atoms. The standard InChI is InChI=1S/C23H34N2O4/c1-22-7-5-18-16(17(22)2-3-21(22)28)11-20(27)19-10-14(4-8-23(18,19)13-26)25-29-15-6-9-24-12-15/h15-19,24,26H,2-13H2,1H3. The van der Waals surface area contributed by atoms with E-state index in [0.29, 0.717) is 36.9 Å². The van der Waals surface area contributed by atoms with E-state index in [1.807, 2.05) is 0 Å². The summed E-state index contributed by atoms with van der Waals surface area (Å²) in [5, 5.41) is 18.3. The smallest absolute Gasteiger partial charge is 0.141 e. The minimum Gasteiger partial charge on any atom is -0.396 e. The van der Waals surface area contributed by atoms with Gasteiger partial charge >= 0.3 is 0 Å². The lowest BCUT2D eigenvalue weighted by Gasteiger charge is -2.59. The van der Waals surface area contributed by atoms with Crippen molar-refractivity contribution < 1.29 is 19.5 Å². The summed E-state index contributed by atoms with van der Waals surface area (Å²) in [6, 6.07) is 0. The molecule has 5 fully saturated rings. The number of aliphatic hydroxyl groups is 1. The summed E-state index contributed by atoms with van der Waals surface area (Å²) in [7, 11) is 0. The van der Waals surface area contributed by atoms with E-state index >= 15 is 0 Å². The zero-order chi connectivity index (χ0) is 20.2. The highest BCUT2D eigenvalue weighted by atomic mass is 16.6. The summed E-state index contributed by atoms with van der Waals surface area (Å²) in [5.41, 5.74) is 0.408. The fourth-order valence-corrected chi connectivity index (χ4v) is 7.66. The third kappa shape index (κ3) is 2.93. The average molecular weight is 403 g/mol. The second kappa shape index (κ2) is 7.16. The highest BCUT2D eigenvalue weighted by Crippen LogP contribution is 2.64. The van der Waals surface area contributed by atoms with Crippen LogP contribution in [0.2, 0.25) is 0 Å². The molecule has 4 saturated carbocycles. The van der Waals surface area contributed by atoms with Crippen molar-refractivity contribution in [3.63, 3.8) is 0 Å². The Hall–Kier alpha value is -1.27. The van der Waals surface area contributed by atoms with Gasteiger partial charge in [-0.25, -0.2) is 0 Å². The lowest BCUT2D eigenvalue weighted by atomic mass is 9.44. The molecular formula is C23H34N2O4. The van der Waals surface area contributed by atoms with Crippen LogP contribution < -0.4 is 5.32 Å². The molecule has 2 N–H and O–H groups in total. The van der Waals surface area contributed by atoms with Crippen LogP contribution in [0.15, 0.2) is 5.16 Å². The molecule has 0 bridgehead atoms. The number of hydrogen-bond donors (Lipinski definition) is 2. The van der Waals surface area contributed by atoms with Crippen LogP contribution in [-0.4, -0.2) is 48.2 Å². The fraction of sp³-hybridized carbons (Fsp3) is 0.870. The van der Waals surface area contributed by atoms with E-state index in [4.69, 9.17) is 4.84 Å². The minimum atomic E-state index is -0.332. The Morgan fingerprint density at radius 1 is 1.14 bits per heavy atom. The zero-order valence-corrected chi connectivity index (χ0v) is 17.5. The number of oxime groups is 1. The lowest BCUT2D eigenvalue weighted by Crippen LogP contribution is -2.59. The minimum absolute atomic E-state index is 0.0721. The SMILES string of the molecule is CC12CCC3C(CC(=O)C4CC(=NOC5CCNC5)CCC43CO)C1CCC2=O. The van der Waals surface area contributed by atoms with Gasteiger partial charge in [-0.15, -0.1) is 0 Å². The third-order valence-corrected chi connectivity index (χ3v) is 9.36. The molecule has 0 aromatic heterocycles. The first-order valence-electron chi connectivity index (χ1n) is 11.6. The van der Waals surface area contributed by atoms with Gasteiger partial charge in [0.25, 0.3) is 0 Å². The number of fused-ring (bicyclic) bond motifs is 5. The molecule has 1 saturated heterocycles. The van der Waals surface area contributed by atoms with Crippen molar-refractivity contribution in [3.05, 3.63) is 0 Å². The number of Topliss-reactive ketones (excluding diaryl/α,β-unsaturated/α-hetero) is 2. The number of nitrogens with one attached hydrogen (secondary N) is 1. The molecule has 6 heteroatoms. The van der Waals surface area contributed by atoms with Gasteiger partial charge in [0.1, 0.15) is 17.7 Å². The third-order valence-electron chi connectivity index (χ3n) is 9.36. The molecule has 0 radical (unpaired) electrons. The maximum atomic E-state index is 13.3. The number of hydrogen-bond acceptors (Lipinski definition) is 6. The highest BCUT2D eigenvalue weighted by molar-refractivity contribution is 5.93. The molecule has 5 aliphatic rings. The number of nitrogens with zero attached hydrogens (tertiary/aromatic N) is 1. The van der Waals surface area contributed by atoms with E-state index < -0.39 is 0 Å². The van der Waals surface area contributed by atoms with Gasteiger partial charge < -0.3 is 15.3 Å². The second-order valence-electron chi connectivity index (χ2n) is 10.5. The van der Waals surface area contributed by atoms with Crippen LogP contribution in [0.25, 0.3) is 0 Å². The number of carbonyl (C=O) groups is 2. The molecule has 1 heterocycles. The predicted molar refractivity (Wildman–Crippen MR) is 108 cm³/mol. The van der Waals surface area contributed by atoms with E-state index in [1.54, 1.807) is 0 Å². The molecule has 7 atom stereocenters. The first kappa shape index (κ1) is 19.7. The molecule has 5 rings (SSSR count). The Balaban J connectivity index is 1.38. The van der Waals surface area contributed by atoms with Crippen LogP contribution in [0.4, 0.5) is 0 Å². The normalized spacial score (nSPS) is 48.3. The Bertz CT molecular complexity index is 730. The number of ketones is 2. The number of rotatable bonds is 3. The van der Waals surface area contributed by atoms with Crippen LogP contribution in [0.1, 0.15) is 64.7 Å². The molecule has 7 unspecified atom stereocenters. The quantitative estimate of drug-likeness (QED) is 0.708. The topological polar surface area (TPSA) is 88.0 Å². The first-order chi connectivity index (χ1) is 14.0. The highest BCUT2D eigenvalue weighted by Gasteiger charge is 2.63. The summed E-state index contributed by atoms with van der Waals surface area (Å²) < 4.78 is 0. The van der Waals surface area contributed by atoms with Crippen LogP contribution in [-0.2, 0) is 14.4 Å². The van der Waals surface area contributed by atoms with Gasteiger partial charge in [0.15, 0.2) is 0 Å². The fourth-order valence-electron chi connectivity index (χ4n) is 7.66. The largest absolute Gasteiger partial charge is 0.396 e. The molecule has 0 amide bonds. The molecule has 0 spiro atoms. The first-order valence-corrected chi connectivity index (χ1v) is 11.6. The van der Waals surface area contributed by atoms with E-state index in [0.717, 1.165) is 57.3 Å². The van der Waals surface area contributed by atoms with Crippen molar-refractivity contribution in [1.29, 1.82) is 0 Å². The summed E-state index contributed by atoms with van der Waals surface area (Å²) in [6.07, 6.45) is 7.39. The number of aliphatic hydroxyl groups excluding tert-OH is 1. The van der Waals surface area contributed by atoms with Crippen molar-refractivity contribution in [1.82, 2.24) is 5.32 Å². The molecule has 0 aromatic rings. The van der Waals surface area contributed by atoms with Crippen molar-refractivity contribution >= 4 is 17.3 Å². The predicted octanol–water partition coefficient (Wildman–Crippen LogP) is 2.48. The Morgan fingerprint density at radius 2 is 2.00 bits per heavy atom. The second-order valence-corrected chi connectivity index (χ2v) is 10.5. The zero-order valence-electron chi connectivity index (χ0n) is 17.5. The van der Waals surface area contributed by atoms with Gasteiger partial charge in [-0.1, -0.05) is 12.1 Å². The van der Waals surface area contributed by atoms with E-state index in [9.17, 15) is 14.7 Å². The molecular weight excluding hydrogens is 368 g/mol. The van der Waals surface area contributed by atoms with Crippen LogP contribution in [0.3, 0.4) is 0 Å². The molecule has 1 aliphatic heterocycles. The van der Waals surface area contributed by atoms with Gasteiger partial charge in [0.2, 0.25) is 0 Å². The van der Waals surface area contributed by atoms with E-state index in [-0.39, 0.29) is 41.2 Å². The maximum Gasteiger partial charge on any atom is 0.141 e. The maximum absolute atomic E-state index is 13.3. The summed E-state index contributed by atoms with van der Waals surface area (Å²) >= 11 is 0. The van der Waals surface area contributed by atoms with Gasteiger partial charge in [0, 0.05) is 49.2 Å². The van der Waals surface area contributed by atoms with Crippen molar-refractivity contribution in [2.75, 3.05) is 19.7 Å². The monoisotopic (exact) mass is 402 g/mol. The average Bonchev–Trinajstić information content (AvgIpc) is 3.35. The summed E-state index contributed by atoms with van der Waals surface area (Å²) in [5.74, 6) is 1.45. The Labute approximate surface area is 172 Å². The molecule has 6 nitrogen and oxygen atoms in total. The summed E-state index contributed by atoms with van der Waals surface area (Å²) in [4.78, 5) is 31.6. The van der Waals surface area contributed by atoms with Crippen molar-refractivity contribution in [3.8, 4) is 0 Å².